The van der Waals surface area contributed by atoms with Crippen LogP contribution in [0.4, 0.5) is 5.69 Å². The van der Waals surface area contributed by atoms with Gasteiger partial charge in [0.25, 0.3) is 5.91 Å². The number of likely N-dealkylation sites (tertiary alicyclic amines) is 1. The molecule has 1 saturated heterocycles. The molecule has 2 aromatic carbocycles. The highest BCUT2D eigenvalue weighted by Crippen LogP contribution is 2.25. The van der Waals surface area contributed by atoms with E-state index in [4.69, 9.17) is 4.42 Å². The molecule has 0 bridgehead atoms. The van der Waals surface area contributed by atoms with Crippen LogP contribution in [0.25, 0.3) is 17.0 Å². The number of carbonyl (C=O) groups excluding carboxylic acids is 2. The van der Waals surface area contributed by atoms with Crippen molar-refractivity contribution in [1.82, 2.24) is 14.7 Å². The molecule has 5 rings (SSSR count). The van der Waals surface area contributed by atoms with E-state index in [9.17, 15) is 9.59 Å². The maximum Gasteiger partial charge on any atom is 0.256 e. The summed E-state index contributed by atoms with van der Waals surface area (Å²) in [5.74, 6) is 0.369. The van der Waals surface area contributed by atoms with E-state index < -0.39 is 0 Å². The SMILES string of the molecule is O=C(Nc1ccc(-c2ccco2)cc1)[C@@H]1CCCN(C(=O)c2ccccc2-n2cccn2)C1. The molecule has 7 heteroatoms. The standard InChI is InChI=1S/C26H24N4O3/c31-25(28-21-12-10-19(11-13-21)24-9-4-17-33-24)20-6-3-15-29(18-20)26(32)22-7-1-2-8-23(22)30-16-5-14-27-30/h1-2,4-5,7-14,16-17,20H,3,6,15,18H2,(H,28,31)/t20-/m1/s1. The topological polar surface area (TPSA) is 80.4 Å². The summed E-state index contributed by atoms with van der Waals surface area (Å²) in [4.78, 5) is 28.1. The molecule has 1 aliphatic heterocycles. The summed E-state index contributed by atoms with van der Waals surface area (Å²) in [5.41, 5.74) is 2.98. The second-order valence-electron chi connectivity index (χ2n) is 8.10. The van der Waals surface area contributed by atoms with Gasteiger partial charge in [-0.1, -0.05) is 12.1 Å². The number of anilines is 1. The van der Waals surface area contributed by atoms with Crippen LogP contribution in [0, 0.1) is 5.92 Å². The van der Waals surface area contributed by atoms with Crippen LogP contribution in [-0.4, -0.2) is 39.6 Å². The Morgan fingerprint density at radius 1 is 1.00 bits per heavy atom. The molecule has 2 aromatic heterocycles. The van der Waals surface area contributed by atoms with Crippen molar-refractivity contribution in [2.45, 2.75) is 12.8 Å². The average molecular weight is 441 g/mol. The lowest BCUT2D eigenvalue weighted by Crippen LogP contribution is -2.44. The maximum atomic E-state index is 13.3. The third kappa shape index (κ3) is 4.43. The summed E-state index contributed by atoms with van der Waals surface area (Å²) in [5, 5.41) is 7.26. The van der Waals surface area contributed by atoms with Gasteiger partial charge in [-0.2, -0.15) is 5.10 Å². The lowest BCUT2D eigenvalue weighted by atomic mass is 9.96. The van der Waals surface area contributed by atoms with E-state index in [-0.39, 0.29) is 17.7 Å². The molecule has 0 radical (unpaired) electrons. The van der Waals surface area contributed by atoms with E-state index in [0.717, 1.165) is 35.5 Å². The van der Waals surface area contributed by atoms with Crippen LogP contribution in [0.15, 0.2) is 89.8 Å². The number of nitrogens with one attached hydrogen (secondary N) is 1. The predicted molar refractivity (Wildman–Crippen MR) is 125 cm³/mol. The summed E-state index contributed by atoms with van der Waals surface area (Å²) in [7, 11) is 0. The van der Waals surface area contributed by atoms with Crippen LogP contribution in [0.1, 0.15) is 23.2 Å². The molecule has 0 unspecified atom stereocenters. The molecule has 4 aromatic rings. The van der Waals surface area contributed by atoms with E-state index in [2.05, 4.69) is 10.4 Å². The molecule has 3 heterocycles. The first kappa shape index (κ1) is 20.8. The van der Waals surface area contributed by atoms with E-state index in [1.165, 1.54) is 0 Å². The number of rotatable bonds is 5. The van der Waals surface area contributed by atoms with Crippen LogP contribution in [0.3, 0.4) is 0 Å². The van der Waals surface area contributed by atoms with E-state index in [0.29, 0.717) is 18.7 Å². The first-order chi connectivity index (χ1) is 16.2. The van der Waals surface area contributed by atoms with Crippen LogP contribution in [0.5, 0.6) is 0 Å². The highest BCUT2D eigenvalue weighted by Gasteiger charge is 2.30. The van der Waals surface area contributed by atoms with Gasteiger partial charge in [0, 0.05) is 36.7 Å². The lowest BCUT2D eigenvalue weighted by molar-refractivity contribution is -0.121. The van der Waals surface area contributed by atoms with Crippen LogP contribution in [0.2, 0.25) is 0 Å². The van der Waals surface area contributed by atoms with Crippen LogP contribution < -0.4 is 5.32 Å². The van der Waals surface area contributed by atoms with Gasteiger partial charge in [-0.05, 0) is 67.4 Å². The molecule has 1 fully saturated rings. The number of aromatic nitrogens is 2. The van der Waals surface area contributed by atoms with Crippen molar-refractivity contribution in [2.75, 3.05) is 18.4 Å². The Labute approximate surface area is 191 Å². The highest BCUT2D eigenvalue weighted by molar-refractivity contribution is 5.99. The first-order valence-electron chi connectivity index (χ1n) is 11.0. The minimum atomic E-state index is -0.260. The third-order valence-corrected chi connectivity index (χ3v) is 5.92. The minimum absolute atomic E-state index is 0.0707. The van der Waals surface area contributed by atoms with Crippen molar-refractivity contribution in [3.05, 3.63) is 91.0 Å². The van der Waals surface area contributed by atoms with Gasteiger partial charge in [-0.25, -0.2) is 4.68 Å². The fraction of sp³-hybridized carbons (Fsp3) is 0.192. The molecule has 0 spiro atoms. The highest BCUT2D eigenvalue weighted by atomic mass is 16.3. The fourth-order valence-corrected chi connectivity index (χ4v) is 4.22. The van der Waals surface area contributed by atoms with Crippen molar-refractivity contribution in [1.29, 1.82) is 0 Å². The summed E-state index contributed by atoms with van der Waals surface area (Å²) in [6, 6.07) is 20.5. The average Bonchev–Trinajstić information content (AvgIpc) is 3.59. The van der Waals surface area contributed by atoms with Crippen molar-refractivity contribution < 1.29 is 14.0 Å². The number of carbonyl (C=O) groups is 2. The Morgan fingerprint density at radius 3 is 2.61 bits per heavy atom. The van der Waals surface area contributed by atoms with Gasteiger partial charge in [0.15, 0.2) is 0 Å². The van der Waals surface area contributed by atoms with Crippen molar-refractivity contribution in [3.8, 4) is 17.0 Å². The summed E-state index contributed by atoms with van der Waals surface area (Å²) >= 11 is 0. The Bertz CT molecular complexity index is 1230. The van der Waals surface area contributed by atoms with Gasteiger partial charge < -0.3 is 14.6 Å². The van der Waals surface area contributed by atoms with Gasteiger partial charge in [0.2, 0.25) is 5.91 Å². The summed E-state index contributed by atoms with van der Waals surface area (Å²) in [6.07, 6.45) is 6.67. The minimum Gasteiger partial charge on any atom is -0.464 e. The fourth-order valence-electron chi connectivity index (χ4n) is 4.22. The first-order valence-corrected chi connectivity index (χ1v) is 11.0. The number of para-hydroxylation sites is 1. The smallest absolute Gasteiger partial charge is 0.256 e. The normalized spacial score (nSPS) is 15.9. The largest absolute Gasteiger partial charge is 0.464 e. The van der Waals surface area contributed by atoms with Gasteiger partial charge in [0.1, 0.15) is 5.76 Å². The van der Waals surface area contributed by atoms with Gasteiger partial charge in [0.05, 0.1) is 23.4 Å². The van der Waals surface area contributed by atoms with E-state index in [1.54, 1.807) is 22.0 Å². The molecule has 1 N–H and O–H groups in total. The molecule has 7 nitrogen and oxygen atoms in total. The number of benzene rings is 2. The number of hydrogen-bond acceptors (Lipinski definition) is 4. The van der Waals surface area contributed by atoms with Gasteiger partial charge >= 0.3 is 0 Å². The zero-order chi connectivity index (χ0) is 22.6. The number of piperidine rings is 1. The monoisotopic (exact) mass is 440 g/mol. The number of amides is 2. The Morgan fingerprint density at radius 2 is 1.85 bits per heavy atom. The van der Waals surface area contributed by atoms with Crippen molar-refractivity contribution in [2.24, 2.45) is 5.92 Å². The molecule has 0 aliphatic carbocycles. The van der Waals surface area contributed by atoms with Crippen LogP contribution >= 0.6 is 0 Å². The number of hydrogen-bond donors (Lipinski definition) is 1. The molecule has 166 valence electrons. The second-order valence-corrected chi connectivity index (χ2v) is 8.10. The Balaban J connectivity index is 1.26. The summed E-state index contributed by atoms with van der Waals surface area (Å²) in [6.45, 7) is 1.02. The second kappa shape index (κ2) is 9.16. The zero-order valence-corrected chi connectivity index (χ0v) is 18.1. The molecule has 0 saturated carbocycles. The Kier molecular flexibility index (Phi) is 5.76. The predicted octanol–water partition coefficient (Wildman–Crippen LogP) is 4.62. The molecule has 33 heavy (non-hydrogen) atoms. The van der Waals surface area contributed by atoms with Crippen molar-refractivity contribution >= 4 is 17.5 Å². The zero-order valence-electron chi connectivity index (χ0n) is 18.1. The lowest BCUT2D eigenvalue weighted by Gasteiger charge is -2.32. The quantitative estimate of drug-likeness (QED) is 0.491. The molecular weight excluding hydrogens is 416 g/mol. The molecule has 1 atom stereocenters. The van der Waals surface area contributed by atoms with E-state index in [1.807, 2.05) is 72.9 Å². The molecule has 2 amide bonds. The van der Waals surface area contributed by atoms with Crippen LogP contribution in [-0.2, 0) is 4.79 Å². The Hall–Kier alpha value is -4.13. The van der Waals surface area contributed by atoms with Crippen molar-refractivity contribution in [3.63, 3.8) is 0 Å². The van der Waals surface area contributed by atoms with E-state index >= 15 is 0 Å². The molecule has 1 aliphatic rings. The van der Waals surface area contributed by atoms with Gasteiger partial charge in [-0.15, -0.1) is 0 Å². The maximum absolute atomic E-state index is 13.3. The van der Waals surface area contributed by atoms with Gasteiger partial charge in [-0.3, -0.25) is 9.59 Å². The number of furan rings is 1. The summed E-state index contributed by atoms with van der Waals surface area (Å²) < 4.78 is 7.10. The third-order valence-electron chi connectivity index (χ3n) is 5.92. The molecular formula is C26H24N4O3. The number of nitrogens with zero attached hydrogens (tertiary/aromatic N) is 3.